The lowest BCUT2D eigenvalue weighted by atomic mass is 10.2. The van der Waals surface area contributed by atoms with Crippen LogP contribution in [0.3, 0.4) is 0 Å². The summed E-state index contributed by atoms with van der Waals surface area (Å²) in [5, 5.41) is 0. The van der Waals surface area contributed by atoms with Gasteiger partial charge in [-0.25, -0.2) is 9.97 Å². The van der Waals surface area contributed by atoms with Gasteiger partial charge in [-0.05, 0) is 18.6 Å². The first kappa shape index (κ1) is 13.2. The Hall–Kier alpha value is -2.20. The van der Waals surface area contributed by atoms with Crippen molar-refractivity contribution in [3.8, 4) is 6.01 Å². The van der Waals surface area contributed by atoms with Crippen LogP contribution in [-0.2, 0) is 6.54 Å². The van der Waals surface area contributed by atoms with E-state index in [-0.39, 0.29) is 0 Å². The monoisotopic (exact) mass is 255 g/mol. The molecule has 2 aromatic rings. The van der Waals surface area contributed by atoms with E-state index in [9.17, 15) is 0 Å². The Morgan fingerprint density at radius 1 is 1.26 bits per heavy atom. The first-order valence-corrected chi connectivity index (χ1v) is 6.16. The minimum absolute atomic E-state index is 0.382. The van der Waals surface area contributed by atoms with E-state index in [4.69, 9.17) is 10.5 Å². The summed E-state index contributed by atoms with van der Waals surface area (Å²) in [7, 11) is 0. The molecule has 0 bridgehead atoms. The normalized spacial score (nSPS) is 10.8. The molecule has 0 fully saturated rings. The molecule has 4 nitrogen and oxygen atoms in total. The lowest BCUT2D eigenvalue weighted by Crippen LogP contribution is -2.05. The fourth-order valence-corrected chi connectivity index (χ4v) is 1.61. The molecule has 2 N–H and O–H groups in total. The number of aromatic nitrogens is 2. The Morgan fingerprint density at radius 3 is 2.74 bits per heavy atom. The maximum atomic E-state index is 5.55. The molecule has 0 aliphatic heterocycles. The van der Waals surface area contributed by atoms with E-state index in [1.54, 1.807) is 6.20 Å². The van der Waals surface area contributed by atoms with Crippen LogP contribution >= 0.6 is 0 Å². The van der Waals surface area contributed by atoms with E-state index in [2.05, 4.69) is 9.97 Å². The van der Waals surface area contributed by atoms with Crippen molar-refractivity contribution in [1.29, 1.82) is 0 Å². The third-order valence-electron chi connectivity index (χ3n) is 2.70. The molecule has 0 aliphatic carbocycles. The van der Waals surface area contributed by atoms with Gasteiger partial charge in [-0.3, -0.25) is 0 Å². The number of nitrogens with two attached hydrogens (primary N) is 1. The van der Waals surface area contributed by atoms with Gasteiger partial charge in [0.25, 0.3) is 0 Å². The Morgan fingerprint density at radius 2 is 2.05 bits per heavy atom. The van der Waals surface area contributed by atoms with Gasteiger partial charge in [-0.1, -0.05) is 36.4 Å². The predicted octanol–water partition coefficient (Wildman–Crippen LogP) is 2.34. The molecule has 1 heterocycles. The van der Waals surface area contributed by atoms with Crippen LogP contribution in [0.5, 0.6) is 6.01 Å². The number of nitrogens with zero attached hydrogens (tertiary/aromatic N) is 2. The average molecular weight is 255 g/mol. The Bertz CT molecular complexity index is 553. The summed E-state index contributed by atoms with van der Waals surface area (Å²) >= 11 is 0. The Balaban J connectivity index is 1.89. The van der Waals surface area contributed by atoms with Gasteiger partial charge in [0.05, 0.1) is 0 Å². The number of rotatable bonds is 5. The van der Waals surface area contributed by atoms with Crippen LogP contribution in [0.2, 0.25) is 0 Å². The molecule has 1 aromatic heterocycles. The van der Waals surface area contributed by atoms with Crippen molar-refractivity contribution in [3.63, 3.8) is 0 Å². The van der Waals surface area contributed by atoms with Crippen molar-refractivity contribution in [2.24, 2.45) is 5.73 Å². The third kappa shape index (κ3) is 3.89. The average Bonchev–Trinajstić information content (AvgIpc) is 2.45. The molecule has 0 saturated heterocycles. The summed E-state index contributed by atoms with van der Waals surface area (Å²) in [5.41, 5.74) is 8.49. The van der Waals surface area contributed by atoms with Crippen molar-refractivity contribution in [1.82, 2.24) is 9.97 Å². The summed E-state index contributed by atoms with van der Waals surface area (Å²) in [4.78, 5) is 8.35. The highest BCUT2D eigenvalue weighted by Crippen LogP contribution is 2.08. The highest BCUT2D eigenvalue weighted by Gasteiger charge is 2.01. The molecular formula is C15H17N3O. The molecule has 0 atom stereocenters. The molecule has 0 spiro atoms. The summed E-state index contributed by atoms with van der Waals surface area (Å²) < 4.78 is 5.46. The quantitative estimate of drug-likeness (QED) is 0.890. The van der Waals surface area contributed by atoms with Crippen LogP contribution in [0.1, 0.15) is 16.8 Å². The molecule has 2 rings (SSSR count). The van der Waals surface area contributed by atoms with Gasteiger partial charge in [-0.2, -0.15) is 0 Å². The summed E-state index contributed by atoms with van der Waals surface area (Å²) in [6, 6.07) is 10.4. The van der Waals surface area contributed by atoms with Crippen LogP contribution in [-0.4, -0.2) is 16.6 Å². The molecule has 0 unspecified atom stereocenters. The van der Waals surface area contributed by atoms with Crippen molar-refractivity contribution in [2.45, 2.75) is 13.5 Å². The molecule has 19 heavy (non-hydrogen) atoms. The molecule has 1 aromatic carbocycles. The fourth-order valence-electron chi connectivity index (χ4n) is 1.61. The van der Waals surface area contributed by atoms with E-state index in [0.29, 0.717) is 19.2 Å². The zero-order valence-corrected chi connectivity index (χ0v) is 10.9. The summed E-state index contributed by atoms with van der Waals surface area (Å²) in [5.74, 6) is 0. The third-order valence-corrected chi connectivity index (χ3v) is 2.70. The highest BCUT2D eigenvalue weighted by atomic mass is 16.5. The lowest BCUT2D eigenvalue weighted by Gasteiger charge is -2.04. The maximum absolute atomic E-state index is 5.55. The van der Waals surface area contributed by atoms with Gasteiger partial charge < -0.3 is 10.5 Å². The van der Waals surface area contributed by atoms with Crippen molar-refractivity contribution in [2.75, 3.05) is 6.61 Å². The zero-order valence-electron chi connectivity index (χ0n) is 10.9. The van der Waals surface area contributed by atoms with Gasteiger partial charge >= 0.3 is 6.01 Å². The molecule has 0 amide bonds. The van der Waals surface area contributed by atoms with Crippen molar-refractivity contribution < 1.29 is 4.74 Å². The highest BCUT2D eigenvalue weighted by molar-refractivity contribution is 5.48. The van der Waals surface area contributed by atoms with Crippen molar-refractivity contribution >= 4 is 6.08 Å². The van der Waals surface area contributed by atoms with Gasteiger partial charge in [0, 0.05) is 24.0 Å². The second-order valence-corrected chi connectivity index (χ2v) is 4.09. The molecule has 0 radical (unpaired) electrons. The molecule has 4 heteroatoms. The van der Waals surface area contributed by atoms with Gasteiger partial charge in [0.1, 0.15) is 6.61 Å². The maximum Gasteiger partial charge on any atom is 0.316 e. The van der Waals surface area contributed by atoms with E-state index < -0.39 is 0 Å². The number of hydrogen-bond donors (Lipinski definition) is 1. The molecule has 0 saturated carbocycles. The van der Waals surface area contributed by atoms with Crippen LogP contribution in [0.15, 0.2) is 42.6 Å². The second kappa shape index (κ2) is 6.66. The molecule has 98 valence electrons. The Labute approximate surface area is 113 Å². The van der Waals surface area contributed by atoms with Crippen LogP contribution in [0.25, 0.3) is 6.08 Å². The summed E-state index contributed by atoms with van der Waals surface area (Å²) in [6.45, 7) is 2.78. The van der Waals surface area contributed by atoms with Gasteiger partial charge in [-0.15, -0.1) is 0 Å². The van der Waals surface area contributed by atoms with E-state index in [0.717, 1.165) is 16.8 Å². The standard InChI is InChI=1S/C15H17N3O/c1-12-14(10-16)11-17-15(18-12)19-9-5-8-13-6-3-2-4-7-13/h2-8,11H,9-10,16H2,1H3/b8-5+. The van der Waals surface area contributed by atoms with Gasteiger partial charge in [0.2, 0.25) is 0 Å². The first-order valence-electron chi connectivity index (χ1n) is 6.16. The van der Waals surface area contributed by atoms with Crippen LogP contribution < -0.4 is 10.5 Å². The topological polar surface area (TPSA) is 61.0 Å². The zero-order chi connectivity index (χ0) is 13.5. The van der Waals surface area contributed by atoms with Crippen molar-refractivity contribution in [3.05, 3.63) is 59.4 Å². The van der Waals surface area contributed by atoms with E-state index in [1.165, 1.54) is 0 Å². The minimum Gasteiger partial charge on any atom is -0.459 e. The van der Waals surface area contributed by atoms with E-state index >= 15 is 0 Å². The van der Waals surface area contributed by atoms with Crippen LogP contribution in [0, 0.1) is 6.92 Å². The largest absolute Gasteiger partial charge is 0.459 e. The van der Waals surface area contributed by atoms with Gasteiger partial charge in [0.15, 0.2) is 0 Å². The lowest BCUT2D eigenvalue weighted by molar-refractivity contribution is 0.332. The first-order chi connectivity index (χ1) is 9.29. The number of aryl methyl sites for hydroxylation is 1. The number of ether oxygens (including phenoxy) is 1. The SMILES string of the molecule is Cc1nc(OC/C=C/c2ccccc2)ncc1CN. The van der Waals surface area contributed by atoms with Crippen LogP contribution in [0.4, 0.5) is 0 Å². The number of benzene rings is 1. The summed E-state index contributed by atoms with van der Waals surface area (Å²) in [6.07, 6.45) is 5.64. The Kier molecular flexibility index (Phi) is 4.64. The smallest absolute Gasteiger partial charge is 0.316 e. The minimum atomic E-state index is 0.382. The second-order valence-electron chi connectivity index (χ2n) is 4.09. The predicted molar refractivity (Wildman–Crippen MR) is 75.6 cm³/mol. The molecule has 0 aliphatic rings. The molecular weight excluding hydrogens is 238 g/mol. The number of hydrogen-bond acceptors (Lipinski definition) is 4. The van der Waals surface area contributed by atoms with E-state index in [1.807, 2.05) is 49.4 Å². The fraction of sp³-hybridized carbons (Fsp3) is 0.200.